The Morgan fingerprint density at radius 2 is 1.74 bits per heavy atom. The Kier molecular flexibility index (Phi) is 6.26. The van der Waals surface area contributed by atoms with Gasteiger partial charge in [0.2, 0.25) is 11.8 Å². The minimum absolute atomic E-state index is 0.00675. The fourth-order valence-electron chi connectivity index (χ4n) is 3.92. The van der Waals surface area contributed by atoms with Gasteiger partial charge in [0.25, 0.3) is 5.69 Å². The van der Waals surface area contributed by atoms with Crippen molar-refractivity contribution in [3.8, 4) is 5.75 Å². The van der Waals surface area contributed by atoms with Crippen LogP contribution in [0.4, 0.5) is 11.4 Å². The number of benzene rings is 3. The fourth-order valence-corrected chi connectivity index (χ4v) is 3.92. The van der Waals surface area contributed by atoms with Gasteiger partial charge in [-0.25, -0.2) is 0 Å². The van der Waals surface area contributed by atoms with Gasteiger partial charge < -0.3 is 15.5 Å². The van der Waals surface area contributed by atoms with E-state index in [1.807, 2.05) is 24.3 Å². The summed E-state index contributed by atoms with van der Waals surface area (Å²) in [5.74, 6) is -0.548. The van der Waals surface area contributed by atoms with Gasteiger partial charge in [0.05, 0.1) is 18.5 Å². The highest BCUT2D eigenvalue weighted by molar-refractivity contribution is 6.03. The minimum Gasteiger partial charge on any atom is -0.497 e. The first kappa shape index (κ1) is 22.5. The quantitative estimate of drug-likeness (QED) is 0.305. The van der Waals surface area contributed by atoms with Crippen molar-refractivity contribution in [2.75, 3.05) is 12.0 Å². The zero-order valence-corrected chi connectivity index (χ0v) is 18.3. The lowest BCUT2D eigenvalue weighted by Gasteiger charge is -2.30. The number of carbonyl (C=O) groups is 2. The summed E-state index contributed by atoms with van der Waals surface area (Å²) in [6.45, 7) is 0. The molecular weight excluding hydrogens is 436 g/mol. The van der Waals surface area contributed by atoms with Crippen molar-refractivity contribution >= 4 is 34.1 Å². The number of H-pyrrole nitrogens is 1. The lowest BCUT2D eigenvalue weighted by Crippen LogP contribution is -2.42. The van der Waals surface area contributed by atoms with Gasteiger partial charge in [-0.05, 0) is 53.6 Å². The Morgan fingerprint density at radius 1 is 1.06 bits per heavy atom. The van der Waals surface area contributed by atoms with Gasteiger partial charge in [-0.15, -0.1) is 0 Å². The molecule has 2 amide bonds. The van der Waals surface area contributed by atoms with Crippen LogP contribution in [0.2, 0.25) is 0 Å². The SMILES string of the molecule is COc1ccc(N(C(=O)Cc2c[nH]c3ccccc23)C(C(N)=O)c2ccc([N+](=O)[O-])cc2)cc1. The molecule has 34 heavy (non-hydrogen) atoms. The molecule has 0 radical (unpaired) electrons. The first-order valence-electron chi connectivity index (χ1n) is 10.4. The number of non-ortho nitro benzene ring substituents is 1. The van der Waals surface area contributed by atoms with Gasteiger partial charge in [0, 0.05) is 34.9 Å². The number of hydrogen-bond donors (Lipinski definition) is 2. The van der Waals surface area contributed by atoms with Gasteiger partial charge in [-0.3, -0.25) is 24.6 Å². The lowest BCUT2D eigenvalue weighted by molar-refractivity contribution is -0.384. The van der Waals surface area contributed by atoms with E-state index in [0.717, 1.165) is 16.5 Å². The minimum atomic E-state index is -1.17. The molecule has 9 heteroatoms. The number of anilines is 1. The summed E-state index contributed by atoms with van der Waals surface area (Å²) in [5.41, 5.74) is 8.09. The maximum Gasteiger partial charge on any atom is 0.269 e. The molecule has 0 fully saturated rings. The second kappa shape index (κ2) is 9.45. The molecule has 0 aliphatic heterocycles. The number of ether oxygens (including phenoxy) is 1. The van der Waals surface area contributed by atoms with Crippen LogP contribution in [0.5, 0.6) is 5.75 Å². The summed E-state index contributed by atoms with van der Waals surface area (Å²) in [5, 5.41) is 12.0. The number of rotatable bonds is 8. The van der Waals surface area contributed by atoms with E-state index in [1.54, 1.807) is 30.5 Å². The van der Waals surface area contributed by atoms with Gasteiger partial charge >= 0.3 is 0 Å². The largest absolute Gasteiger partial charge is 0.497 e. The number of primary amides is 1. The number of amides is 2. The smallest absolute Gasteiger partial charge is 0.269 e. The van der Waals surface area contributed by atoms with Crippen LogP contribution >= 0.6 is 0 Å². The van der Waals surface area contributed by atoms with E-state index < -0.39 is 16.9 Å². The number of nitrogens with one attached hydrogen (secondary N) is 1. The van der Waals surface area contributed by atoms with Crippen molar-refractivity contribution in [2.45, 2.75) is 12.5 Å². The lowest BCUT2D eigenvalue weighted by atomic mass is 10.0. The fraction of sp³-hybridized carbons (Fsp3) is 0.120. The number of hydrogen-bond acceptors (Lipinski definition) is 5. The number of nitro groups is 1. The van der Waals surface area contributed by atoms with Crippen molar-refractivity contribution in [3.63, 3.8) is 0 Å². The molecule has 172 valence electrons. The van der Waals surface area contributed by atoms with E-state index in [2.05, 4.69) is 4.98 Å². The average Bonchev–Trinajstić information content (AvgIpc) is 3.25. The van der Waals surface area contributed by atoms with Crippen LogP contribution in [0.15, 0.2) is 79.0 Å². The molecule has 0 saturated heterocycles. The van der Waals surface area contributed by atoms with Crippen molar-refractivity contribution in [1.82, 2.24) is 4.98 Å². The summed E-state index contributed by atoms with van der Waals surface area (Å²) in [4.78, 5) is 41.3. The van der Waals surface area contributed by atoms with Gasteiger partial charge in [-0.2, -0.15) is 0 Å². The first-order chi connectivity index (χ1) is 16.4. The second-order valence-electron chi connectivity index (χ2n) is 7.65. The highest BCUT2D eigenvalue weighted by Gasteiger charge is 2.32. The third-order valence-electron chi connectivity index (χ3n) is 5.58. The maximum absolute atomic E-state index is 13.7. The van der Waals surface area contributed by atoms with Crippen LogP contribution in [0, 0.1) is 10.1 Å². The number of nitro benzene ring substituents is 1. The second-order valence-corrected chi connectivity index (χ2v) is 7.65. The molecule has 1 aromatic heterocycles. The van der Waals surface area contributed by atoms with Crippen LogP contribution in [0.25, 0.3) is 10.9 Å². The van der Waals surface area contributed by atoms with Crippen molar-refractivity contribution in [1.29, 1.82) is 0 Å². The zero-order valence-electron chi connectivity index (χ0n) is 18.3. The number of nitrogens with two attached hydrogens (primary N) is 1. The summed E-state index contributed by atoms with van der Waals surface area (Å²) < 4.78 is 5.21. The van der Waals surface area contributed by atoms with E-state index in [0.29, 0.717) is 17.0 Å². The third kappa shape index (κ3) is 4.44. The molecule has 0 spiro atoms. The van der Waals surface area contributed by atoms with Crippen LogP contribution in [-0.4, -0.2) is 28.8 Å². The number of carbonyl (C=O) groups excluding carboxylic acids is 2. The molecule has 9 nitrogen and oxygen atoms in total. The van der Waals surface area contributed by atoms with E-state index in [9.17, 15) is 19.7 Å². The Bertz CT molecular complexity index is 1350. The predicted octanol–water partition coefficient (Wildman–Crippen LogP) is 3.89. The molecule has 0 aliphatic rings. The number of para-hydroxylation sites is 1. The normalized spacial score (nSPS) is 11.7. The summed E-state index contributed by atoms with van der Waals surface area (Å²) >= 11 is 0. The monoisotopic (exact) mass is 458 g/mol. The first-order valence-corrected chi connectivity index (χ1v) is 10.4. The summed E-state index contributed by atoms with van der Waals surface area (Å²) in [6.07, 6.45) is 1.77. The van der Waals surface area contributed by atoms with Gasteiger partial charge in [-0.1, -0.05) is 18.2 Å². The van der Waals surface area contributed by atoms with E-state index in [4.69, 9.17) is 10.5 Å². The number of fused-ring (bicyclic) bond motifs is 1. The van der Waals surface area contributed by atoms with Gasteiger partial charge in [0.1, 0.15) is 11.8 Å². The highest BCUT2D eigenvalue weighted by atomic mass is 16.6. The molecule has 4 aromatic rings. The predicted molar refractivity (Wildman–Crippen MR) is 128 cm³/mol. The van der Waals surface area contributed by atoms with Crippen LogP contribution in [-0.2, 0) is 16.0 Å². The Hall–Kier alpha value is -4.66. The maximum atomic E-state index is 13.7. The molecule has 0 saturated carbocycles. The third-order valence-corrected chi connectivity index (χ3v) is 5.58. The standard InChI is InChI=1S/C25H22N4O5/c1-34-20-12-10-18(11-13-20)28(23(30)14-17-15-27-22-5-3-2-4-21(17)22)24(25(26)31)16-6-8-19(9-7-16)29(32)33/h2-13,15,24,27H,14H2,1H3,(H2,26,31). The number of nitrogens with zero attached hydrogens (tertiary/aromatic N) is 2. The van der Waals surface area contributed by atoms with Gasteiger partial charge in [0.15, 0.2) is 0 Å². The number of aromatic nitrogens is 1. The Balaban J connectivity index is 1.77. The van der Waals surface area contributed by atoms with Crippen LogP contribution < -0.4 is 15.4 Å². The average molecular weight is 458 g/mol. The topological polar surface area (TPSA) is 132 Å². The molecule has 1 atom stereocenters. The molecule has 0 aliphatic carbocycles. The molecule has 3 aromatic carbocycles. The molecule has 4 rings (SSSR count). The number of aromatic amines is 1. The molecule has 3 N–H and O–H groups in total. The summed E-state index contributed by atoms with van der Waals surface area (Å²) in [7, 11) is 1.53. The molecule has 1 heterocycles. The molecular formula is C25H22N4O5. The molecule has 1 unspecified atom stereocenters. The summed E-state index contributed by atoms with van der Waals surface area (Å²) in [6, 6.07) is 18.5. The number of methoxy groups -OCH3 is 1. The van der Waals surface area contributed by atoms with Crippen LogP contribution in [0.1, 0.15) is 17.2 Å². The molecule has 0 bridgehead atoms. The van der Waals surface area contributed by atoms with E-state index >= 15 is 0 Å². The Labute approximate surface area is 194 Å². The highest BCUT2D eigenvalue weighted by Crippen LogP contribution is 2.31. The zero-order chi connectivity index (χ0) is 24.2. The van der Waals surface area contributed by atoms with E-state index in [-0.39, 0.29) is 18.0 Å². The van der Waals surface area contributed by atoms with Crippen molar-refractivity contribution in [2.24, 2.45) is 5.73 Å². The van der Waals surface area contributed by atoms with Crippen molar-refractivity contribution < 1.29 is 19.2 Å². The van der Waals surface area contributed by atoms with Crippen LogP contribution in [0.3, 0.4) is 0 Å². The Morgan fingerprint density at radius 3 is 2.35 bits per heavy atom. The van der Waals surface area contributed by atoms with Crippen molar-refractivity contribution in [3.05, 3.63) is 100 Å². The van der Waals surface area contributed by atoms with E-state index in [1.165, 1.54) is 36.3 Å².